The lowest BCUT2D eigenvalue weighted by Crippen LogP contribution is -2.35. The van der Waals surface area contributed by atoms with Gasteiger partial charge in [0.25, 0.3) is 0 Å². The van der Waals surface area contributed by atoms with Crippen molar-refractivity contribution in [2.45, 2.75) is 52.2 Å². The molecule has 2 nitrogen and oxygen atoms in total. The van der Waals surface area contributed by atoms with Crippen LogP contribution in [-0.2, 0) is 0 Å². The summed E-state index contributed by atoms with van der Waals surface area (Å²) in [6.07, 6.45) is 1.98. The van der Waals surface area contributed by atoms with Crippen LogP contribution in [0.5, 0.6) is 0 Å². The highest BCUT2D eigenvalue weighted by molar-refractivity contribution is 4.95. The van der Waals surface area contributed by atoms with Crippen molar-refractivity contribution in [3.05, 3.63) is 0 Å². The second-order valence-electron chi connectivity index (χ2n) is 3.73. The lowest BCUT2D eigenvalue weighted by atomic mass is 10.2. The minimum Gasteiger partial charge on any atom is -0.389 e. The molecule has 0 amide bonds. The summed E-state index contributed by atoms with van der Waals surface area (Å²) in [6, 6.07) is 0.546. The van der Waals surface area contributed by atoms with E-state index in [1.54, 1.807) is 0 Å². The number of nitrogens with zero attached hydrogens (tertiary/aromatic N) is 1. The quantitative estimate of drug-likeness (QED) is 0.704. The van der Waals surface area contributed by atoms with Gasteiger partial charge >= 0.3 is 0 Å². The fourth-order valence-corrected chi connectivity index (χ4v) is 0.949. The number of hydrogen-bond donors (Lipinski definition) is 1. The van der Waals surface area contributed by atoms with Gasteiger partial charge in [-0.2, -0.15) is 0 Å². The monoisotopic (exact) mass is 173 g/mol. The molecule has 0 aliphatic heterocycles. The molecule has 0 bridgehead atoms. The van der Waals surface area contributed by atoms with E-state index in [2.05, 4.69) is 25.8 Å². The topological polar surface area (TPSA) is 23.5 Å². The van der Waals surface area contributed by atoms with E-state index in [1.807, 2.05) is 13.8 Å². The molecule has 0 aromatic rings. The minimum absolute atomic E-state index is 0.320. The predicted molar refractivity (Wildman–Crippen MR) is 53.3 cm³/mol. The summed E-state index contributed by atoms with van der Waals surface area (Å²) in [6.45, 7) is 9.13. The molecule has 0 atom stereocenters. The van der Waals surface area contributed by atoms with Gasteiger partial charge < -0.3 is 10.0 Å². The third-order valence-corrected chi connectivity index (χ3v) is 2.25. The molecule has 1 aliphatic carbocycles. The Morgan fingerprint density at radius 3 is 2.00 bits per heavy atom. The summed E-state index contributed by atoms with van der Waals surface area (Å²) in [7, 11) is 2.06. The fourth-order valence-electron chi connectivity index (χ4n) is 0.949. The molecule has 0 aromatic carbocycles. The molecule has 1 rings (SSSR count). The van der Waals surface area contributed by atoms with Crippen LogP contribution in [0.1, 0.15) is 40.5 Å². The predicted octanol–water partition coefficient (Wildman–Crippen LogP) is 1.88. The number of rotatable bonds is 3. The summed E-state index contributed by atoms with van der Waals surface area (Å²) in [4.78, 5) is 2.19. The third-order valence-electron chi connectivity index (χ3n) is 2.25. The minimum atomic E-state index is -0.320. The van der Waals surface area contributed by atoms with Crippen LogP contribution in [0.15, 0.2) is 0 Å². The van der Waals surface area contributed by atoms with E-state index < -0.39 is 0 Å². The van der Waals surface area contributed by atoms with E-state index in [0.717, 1.165) is 19.4 Å². The van der Waals surface area contributed by atoms with Crippen molar-refractivity contribution in [2.24, 2.45) is 0 Å². The van der Waals surface area contributed by atoms with Crippen LogP contribution >= 0.6 is 0 Å². The van der Waals surface area contributed by atoms with E-state index >= 15 is 0 Å². The molecular weight excluding hydrogens is 150 g/mol. The van der Waals surface area contributed by atoms with E-state index in [-0.39, 0.29) is 5.60 Å². The second-order valence-corrected chi connectivity index (χ2v) is 3.73. The number of likely N-dealkylation sites (N-methyl/N-ethyl adjacent to an activating group) is 1. The van der Waals surface area contributed by atoms with Crippen LogP contribution in [0.3, 0.4) is 0 Å². The zero-order chi connectivity index (χ0) is 9.78. The standard InChI is InChI=1S/C8H17NO.C2H6/c1-7(2)9(3)6-8(10)4-5-8;1-2/h7,10H,4-6H2,1-3H3;1-2H3. The highest BCUT2D eigenvalue weighted by Crippen LogP contribution is 2.35. The summed E-state index contributed by atoms with van der Waals surface area (Å²) in [5.74, 6) is 0. The zero-order valence-electron chi connectivity index (χ0n) is 9.09. The highest BCUT2D eigenvalue weighted by Gasteiger charge is 2.41. The summed E-state index contributed by atoms with van der Waals surface area (Å²) in [5, 5.41) is 9.51. The van der Waals surface area contributed by atoms with Gasteiger partial charge in [0.1, 0.15) is 0 Å². The lowest BCUT2D eigenvalue weighted by molar-refractivity contribution is 0.0912. The van der Waals surface area contributed by atoms with Crippen molar-refractivity contribution in [1.82, 2.24) is 4.90 Å². The molecule has 74 valence electrons. The van der Waals surface area contributed by atoms with Gasteiger partial charge in [0.05, 0.1) is 5.60 Å². The Balaban J connectivity index is 0.000000561. The SMILES string of the molecule is CC.CC(C)N(C)CC1(O)CC1. The molecule has 1 N–H and O–H groups in total. The Labute approximate surface area is 76.6 Å². The Bertz CT molecular complexity index is 119. The molecule has 2 heteroatoms. The van der Waals surface area contributed by atoms with Gasteiger partial charge in [0.15, 0.2) is 0 Å². The van der Waals surface area contributed by atoms with Crippen LogP contribution in [0, 0.1) is 0 Å². The zero-order valence-corrected chi connectivity index (χ0v) is 9.09. The molecule has 12 heavy (non-hydrogen) atoms. The van der Waals surface area contributed by atoms with Crippen LogP contribution in [-0.4, -0.2) is 35.2 Å². The second kappa shape index (κ2) is 4.83. The van der Waals surface area contributed by atoms with Gasteiger partial charge in [-0.05, 0) is 33.7 Å². The first-order valence-electron chi connectivity index (χ1n) is 4.96. The van der Waals surface area contributed by atoms with Gasteiger partial charge in [-0.15, -0.1) is 0 Å². The largest absolute Gasteiger partial charge is 0.389 e. The molecule has 1 fully saturated rings. The molecule has 0 unspecified atom stereocenters. The molecule has 1 saturated carbocycles. The Morgan fingerprint density at radius 1 is 1.33 bits per heavy atom. The van der Waals surface area contributed by atoms with Gasteiger partial charge in [0.2, 0.25) is 0 Å². The van der Waals surface area contributed by atoms with Gasteiger partial charge in [-0.25, -0.2) is 0 Å². The van der Waals surface area contributed by atoms with Crippen molar-refractivity contribution in [1.29, 1.82) is 0 Å². The molecule has 0 heterocycles. The molecule has 0 radical (unpaired) electrons. The molecular formula is C10H23NO. The van der Waals surface area contributed by atoms with Crippen molar-refractivity contribution in [2.75, 3.05) is 13.6 Å². The summed E-state index contributed by atoms with van der Waals surface area (Å²) in [5.41, 5.74) is -0.320. The van der Waals surface area contributed by atoms with Crippen molar-refractivity contribution >= 4 is 0 Å². The maximum absolute atomic E-state index is 9.51. The third kappa shape index (κ3) is 4.07. The molecule has 0 saturated heterocycles. The molecule has 0 spiro atoms. The summed E-state index contributed by atoms with van der Waals surface area (Å²) < 4.78 is 0. The first kappa shape index (κ1) is 11.9. The first-order valence-corrected chi connectivity index (χ1v) is 4.96. The Kier molecular flexibility index (Phi) is 4.80. The van der Waals surface area contributed by atoms with E-state index in [0.29, 0.717) is 6.04 Å². The highest BCUT2D eigenvalue weighted by atomic mass is 16.3. The summed E-state index contributed by atoms with van der Waals surface area (Å²) >= 11 is 0. The molecule has 1 aliphatic rings. The van der Waals surface area contributed by atoms with Crippen LogP contribution < -0.4 is 0 Å². The number of hydrogen-bond acceptors (Lipinski definition) is 2. The van der Waals surface area contributed by atoms with Crippen molar-refractivity contribution in [3.63, 3.8) is 0 Å². The maximum atomic E-state index is 9.51. The lowest BCUT2D eigenvalue weighted by Gasteiger charge is -2.23. The first-order chi connectivity index (χ1) is 5.53. The van der Waals surface area contributed by atoms with Crippen molar-refractivity contribution in [3.8, 4) is 0 Å². The van der Waals surface area contributed by atoms with Crippen LogP contribution in [0.4, 0.5) is 0 Å². The smallest absolute Gasteiger partial charge is 0.0776 e. The van der Waals surface area contributed by atoms with E-state index in [1.165, 1.54) is 0 Å². The Morgan fingerprint density at radius 2 is 1.75 bits per heavy atom. The average molecular weight is 173 g/mol. The van der Waals surface area contributed by atoms with Gasteiger partial charge in [-0.3, -0.25) is 0 Å². The number of aliphatic hydroxyl groups is 1. The van der Waals surface area contributed by atoms with Crippen molar-refractivity contribution < 1.29 is 5.11 Å². The molecule has 0 aromatic heterocycles. The van der Waals surface area contributed by atoms with Gasteiger partial charge in [0, 0.05) is 12.6 Å². The fraction of sp³-hybridized carbons (Fsp3) is 1.00. The van der Waals surface area contributed by atoms with Gasteiger partial charge in [-0.1, -0.05) is 13.8 Å². The van der Waals surface area contributed by atoms with Crippen LogP contribution in [0.2, 0.25) is 0 Å². The maximum Gasteiger partial charge on any atom is 0.0776 e. The Hall–Kier alpha value is -0.0800. The average Bonchev–Trinajstić information content (AvgIpc) is 2.72. The van der Waals surface area contributed by atoms with Crippen LogP contribution in [0.25, 0.3) is 0 Å². The van der Waals surface area contributed by atoms with E-state index in [4.69, 9.17) is 0 Å². The van der Waals surface area contributed by atoms with E-state index in [9.17, 15) is 5.11 Å². The normalized spacial score (nSPS) is 19.0.